The second-order valence-corrected chi connectivity index (χ2v) is 10.8. The molecule has 0 N–H and O–H groups in total. The number of carbonyl (C=O) groups is 1. The Balaban J connectivity index is 1.32. The van der Waals surface area contributed by atoms with Crippen LogP contribution in [0.3, 0.4) is 0 Å². The summed E-state index contributed by atoms with van der Waals surface area (Å²) in [6, 6.07) is 9.47. The first-order valence-corrected chi connectivity index (χ1v) is 13.1. The van der Waals surface area contributed by atoms with Crippen molar-refractivity contribution in [2.24, 2.45) is 7.05 Å². The number of anilines is 1. The lowest BCUT2D eigenvalue weighted by atomic mass is 9.74. The van der Waals surface area contributed by atoms with E-state index in [1.807, 2.05) is 4.90 Å². The van der Waals surface area contributed by atoms with Crippen LogP contribution in [-0.4, -0.2) is 65.1 Å². The molecule has 8 nitrogen and oxygen atoms in total. The van der Waals surface area contributed by atoms with E-state index in [2.05, 4.69) is 10.2 Å². The standard InChI is InChI=1S/C28H29F4N5O3/c1-35-16-33-34-25(35)24(29)27(14-40-15-27)18-4-3-5-19(10-18)37-13-22-21(26(37)38)8-17(9-23(22)28(30,31)32)11-36-7-6-20(12-36)39-2/h3-5,8-10,16,20,24H,6-7,11-15H2,1-2H3/t20?,24-/m1/s1. The predicted molar refractivity (Wildman–Crippen MR) is 136 cm³/mol. The number of amides is 1. The zero-order valence-corrected chi connectivity index (χ0v) is 22.1. The van der Waals surface area contributed by atoms with Crippen molar-refractivity contribution in [1.29, 1.82) is 0 Å². The Bertz CT molecular complexity index is 1440. The first-order chi connectivity index (χ1) is 19.1. The molecule has 1 amide bonds. The van der Waals surface area contributed by atoms with E-state index in [1.54, 1.807) is 44.5 Å². The minimum atomic E-state index is -4.62. The van der Waals surface area contributed by atoms with E-state index >= 15 is 4.39 Å². The number of carbonyl (C=O) groups excluding carboxylic acids is 1. The average molecular weight is 560 g/mol. The zero-order chi connectivity index (χ0) is 28.2. The van der Waals surface area contributed by atoms with Crippen LogP contribution >= 0.6 is 0 Å². The van der Waals surface area contributed by atoms with E-state index in [1.165, 1.54) is 15.8 Å². The van der Waals surface area contributed by atoms with Gasteiger partial charge in [0.1, 0.15) is 6.33 Å². The molecule has 6 rings (SSSR count). The van der Waals surface area contributed by atoms with Crippen LogP contribution in [0, 0.1) is 0 Å². The van der Waals surface area contributed by atoms with Gasteiger partial charge >= 0.3 is 6.18 Å². The normalized spacial score (nSPS) is 21.5. The predicted octanol–water partition coefficient (Wildman–Crippen LogP) is 4.19. The zero-order valence-electron chi connectivity index (χ0n) is 22.1. The second kappa shape index (κ2) is 9.93. The van der Waals surface area contributed by atoms with Crippen LogP contribution in [0.5, 0.6) is 0 Å². The number of rotatable bonds is 7. The number of aromatic nitrogens is 3. The third kappa shape index (κ3) is 4.47. The van der Waals surface area contributed by atoms with Crippen LogP contribution in [0.2, 0.25) is 0 Å². The van der Waals surface area contributed by atoms with Crippen molar-refractivity contribution in [1.82, 2.24) is 19.7 Å². The van der Waals surface area contributed by atoms with Crippen molar-refractivity contribution >= 4 is 11.6 Å². The molecule has 1 aromatic heterocycles. The van der Waals surface area contributed by atoms with Crippen molar-refractivity contribution in [3.8, 4) is 0 Å². The summed E-state index contributed by atoms with van der Waals surface area (Å²) in [4.78, 5) is 16.9. The summed E-state index contributed by atoms with van der Waals surface area (Å²) < 4.78 is 70.7. The molecule has 2 fully saturated rings. The molecule has 212 valence electrons. The van der Waals surface area contributed by atoms with Crippen molar-refractivity contribution in [3.05, 3.63) is 76.4 Å². The van der Waals surface area contributed by atoms with E-state index in [-0.39, 0.29) is 42.8 Å². The van der Waals surface area contributed by atoms with Gasteiger partial charge in [-0.3, -0.25) is 9.69 Å². The Morgan fingerprint density at radius 3 is 2.65 bits per heavy atom. The summed E-state index contributed by atoms with van der Waals surface area (Å²) >= 11 is 0. The van der Waals surface area contributed by atoms with E-state index < -0.39 is 29.2 Å². The first kappa shape index (κ1) is 26.9. The molecule has 1 unspecified atom stereocenters. The summed E-state index contributed by atoms with van der Waals surface area (Å²) in [6.07, 6.45) is -3.89. The Labute approximate surface area is 228 Å². The van der Waals surface area contributed by atoms with Gasteiger partial charge in [-0.15, -0.1) is 10.2 Å². The van der Waals surface area contributed by atoms with Gasteiger partial charge in [-0.2, -0.15) is 13.2 Å². The molecule has 0 radical (unpaired) electrons. The number of fused-ring (bicyclic) bond motifs is 1. The molecule has 40 heavy (non-hydrogen) atoms. The van der Waals surface area contributed by atoms with Gasteiger partial charge in [0.15, 0.2) is 12.0 Å². The molecule has 12 heteroatoms. The fourth-order valence-corrected chi connectivity index (χ4v) is 5.95. The number of ether oxygens (including phenoxy) is 2. The summed E-state index contributed by atoms with van der Waals surface area (Å²) in [5, 5.41) is 7.69. The van der Waals surface area contributed by atoms with Gasteiger partial charge in [0.05, 0.1) is 36.8 Å². The third-order valence-electron chi connectivity index (χ3n) is 8.29. The number of nitrogens with zero attached hydrogens (tertiary/aromatic N) is 5. The van der Waals surface area contributed by atoms with Crippen LogP contribution in [0.15, 0.2) is 42.7 Å². The van der Waals surface area contributed by atoms with E-state index in [9.17, 15) is 18.0 Å². The summed E-state index contributed by atoms with van der Waals surface area (Å²) in [5.74, 6) is -0.366. The molecule has 2 saturated heterocycles. The number of hydrogen-bond donors (Lipinski definition) is 0. The number of alkyl halides is 4. The molecule has 0 saturated carbocycles. The van der Waals surface area contributed by atoms with Crippen molar-refractivity contribution in [2.45, 2.75) is 43.4 Å². The minimum Gasteiger partial charge on any atom is -0.380 e. The van der Waals surface area contributed by atoms with Crippen molar-refractivity contribution in [3.63, 3.8) is 0 Å². The number of likely N-dealkylation sites (tertiary alicyclic amines) is 1. The van der Waals surface area contributed by atoms with Gasteiger partial charge in [-0.25, -0.2) is 4.39 Å². The summed E-state index contributed by atoms with van der Waals surface area (Å²) in [5.41, 5.74) is -0.451. The number of hydrogen-bond acceptors (Lipinski definition) is 6. The van der Waals surface area contributed by atoms with Crippen molar-refractivity contribution < 1.29 is 31.8 Å². The van der Waals surface area contributed by atoms with Crippen molar-refractivity contribution in [2.75, 3.05) is 38.3 Å². The average Bonchev–Trinajstić information content (AvgIpc) is 3.62. The highest BCUT2D eigenvalue weighted by Crippen LogP contribution is 2.47. The van der Waals surface area contributed by atoms with Gasteiger partial charge in [0.25, 0.3) is 5.91 Å². The lowest BCUT2D eigenvalue weighted by Gasteiger charge is -2.43. The van der Waals surface area contributed by atoms with E-state index in [0.717, 1.165) is 12.5 Å². The molecule has 2 aromatic carbocycles. The minimum absolute atomic E-state index is 0.0434. The second-order valence-electron chi connectivity index (χ2n) is 10.8. The van der Waals surface area contributed by atoms with Crippen LogP contribution < -0.4 is 4.90 Å². The van der Waals surface area contributed by atoms with E-state index in [4.69, 9.17) is 9.47 Å². The van der Waals surface area contributed by atoms with Gasteiger partial charge in [-0.05, 0) is 47.4 Å². The number of halogens is 4. The Hall–Kier alpha value is -3.35. The highest BCUT2D eigenvalue weighted by molar-refractivity contribution is 6.10. The quantitative estimate of drug-likeness (QED) is 0.405. The molecule has 0 aliphatic carbocycles. The topological polar surface area (TPSA) is 72.7 Å². The van der Waals surface area contributed by atoms with Gasteiger partial charge in [-0.1, -0.05) is 12.1 Å². The Morgan fingerprint density at radius 2 is 2.02 bits per heavy atom. The Kier molecular flexibility index (Phi) is 6.67. The number of methoxy groups -OCH3 is 1. The lowest BCUT2D eigenvalue weighted by molar-refractivity contribution is -0.138. The van der Waals surface area contributed by atoms with Crippen LogP contribution in [0.25, 0.3) is 0 Å². The van der Waals surface area contributed by atoms with Crippen LogP contribution in [-0.2, 0) is 41.2 Å². The Morgan fingerprint density at radius 1 is 1.23 bits per heavy atom. The number of aryl methyl sites for hydroxylation is 1. The maximum absolute atomic E-state index is 15.8. The smallest absolute Gasteiger partial charge is 0.380 e. The molecular weight excluding hydrogens is 530 g/mol. The maximum Gasteiger partial charge on any atom is 0.416 e. The molecule has 2 atom stereocenters. The van der Waals surface area contributed by atoms with Gasteiger partial charge < -0.3 is 18.9 Å². The molecule has 0 spiro atoms. The summed E-state index contributed by atoms with van der Waals surface area (Å²) in [6.45, 7) is 1.59. The highest BCUT2D eigenvalue weighted by atomic mass is 19.4. The highest BCUT2D eigenvalue weighted by Gasteiger charge is 2.51. The van der Waals surface area contributed by atoms with Gasteiger partial charge in [0.2, 0.25) is 0 Å². The van der Waals surface area contributed by atoms with E-state index in [0.29, 0.717) is 36.4 Å². The molecule has 0 bridgehead atoms. The molecule has 3 aromatic rings. The van der Waals surface area contributed by atoms with Gasteiger partial charge in [0, 0.05) is 45.0 Å². The monoisotopic (exact) mass is 559 g/mol. The first-order valence-electron chi connectivity index (χ1n) is 13.1. The molecule has 3 aliphatic rings. The lowest BCUT2D eigenvalue weighted by Crippen LogP contribution is -2.50. The fourth-order valence-electron chi connectivity index (χ4n) is 5.95. The molecule has 4 heterocycles. The SMILES string of the molecule is COC1CCN(Cc2cc3c(c(C(F)(F)F)c2)CN(c2cccc(C4([C@H](F)c5nncn5C)COC4)c2)C3=O)C1. The largest absolute Gasteiger partial charge is 0.416 e. The fraction of sp³-hybridized carbons (Fsp3) is 0.464. The molecule has 3 aliphatic heterocycles. The molecular formula is C28H29F4N5O3. The van der Waals surface area contributed by atoms with Crippen LogP contribution in [0.1, 0.15) is 51.0 Å². The third-order valence-corrected chi connectivity index (χ3v) is 8.29. The summed E-state index contributed by atoms with van der Waals surface area (Å²) in [7, 11) is 3.27. The number of benzene rings is 2. The van der Waals surface area contributed by atoms with Crippen LogP contribution in [0.4, 0.5) is 23.2 Å². The maximum atomic E-state index is 15.8.